The lowest BCUT2D eigenvalue weighted by atomic mass is 9.90. The summed E-state index contributed by atoms with van der Waals surface area (Å²) in [4.78, 5) is 62.1. The van der Waals surface area contributed by atoms with Crippen LogP contribution in [0.25, 0.3) is 11.1 Å². The number of nitrogens with one attached hydrogen (secondary N) is 4. The molecule has 1 aliphatic carbocycles. The molecule has 0 spiro atoms. The molecule has 2 atom stereocenters. The first-order valence-corrected chi connectivity index (χ1v) is 12.7. The predicted molar refractivity (Wildman–Crippen MR) is 141 cm³/mol. The van der Waals surface area contributed by atoms with E-state index in [0.717, 1.165) is 11.1 Å². The third-order valence-electron chi connectivity index (χ3n) is 6.45. The topological polar surface area (TPSA) is 154 Å². The minimum atomic E-state index is -1.99. The van der Waals surface area contributed by atoms with E-state index in [0.29, 0.717) is 24.1 Å². The van der Waals surface area contributed by atoms with Gasteiger partial charge in [-0.2, -0.15) is 0 Å². The van der Waals surface area contributed by atoms with Crippen LogP contribution in [0.5, 0.6) is 0 Å². The number of hydrogen-bond donors (Lipinski definition) is 5. The van der Waals surface area contributed by atoms with Gasteiger partial charge in [-0.05, 0) is 24.0 Å². The molecule has 38 heavy (non-hydrogen) atoms. The lowest BCUT2D eigenvalue weighted by Crippen LogP contribution is -2.52. The summed E-state index contributed by atoms with van der Waals surface area (Å²) in [6.07, 6.45) is 1.69. The van der Waals surface area contributed by atoms with Gasteiger partial charge in [0.15, 0.2) is 5.60 Å². The van der Waals surface area contributed by atoms with E-state index in [2.05, 4.69) is 35.1 Å². The Morgan fingerprint density at radius 1 is 1.03 bits per heavy atom. The van der Waals surface area contributed by atoms with E-state index in [4.69, 9.17) is 0 Å². The highest BCUT2D eigenvalue weighted by molar-refractivity contribution is 6.38. The molecule has 202 valence electrons. The number of rotatable bonds is 8. The fourth-order valence-electron chi connectivity index (χ4n) is 4.66. The quantitative estimate of drug-likeness (QED) is 0.323. The Morgan fingerprint density at radius 2 is 1.58 bits per heavy atom. The van der Waals surface area contributed by atoms with Crippen molar-refractivity contribution in [1.82, 2.24) is 21.3 Å². The molecule has 2 aromatic rings. The van der Waals surface area contributed by atoms with Gasteiger partial charge in [0.1, 0.15) is 0 Å². The molecular weight excluding hydrogens is 488 g/mol. The normalized spacial score (nSPS) is 17.1. The van der Waals surface area contributed by atoms with Gasteiger partial charge >= 0.3 is 0 Å². The highest BCUT2D eigenvalue weighted by Gasteiger charge is 2.47. The fourth-order valence-corrected chi connectivity index (χ4v) is 4.66. The summed E-state index contributed by atoms with van der Waals surface area (Å²) in [6.45, 7) is 4.16. The van der Waals surface area contributed by atoms with Crippen molar-refractivity contribution >= 4 is 29.4 Å². The number of benzene rings is 2. The zero-order chi connectivity index (χ0) is 27.9. The molecule has 5 N–H and O–H groups in total. The minimum absolute atomic E-state index is 0.0392. The first kappa shape index (κ1) is 28.5. The van der Waals surface area contributed by atoms with Gasteiger partial charge in [0.25, 0.3) is 11.8 Å². The first-order chi connectivity index (χ1) is 18.2. The van der Waals surface area contributed by atoms with Crippen LogP contribution in [0.2, 0.25) is 0 Å². The molecule has 2 unspecified atom stereocenters. The average molecular weight is 523 g/mol. The van der Waals surface area contributed by atoms with Gasteiger partial charge < -0.3 is 26.4 Å². The van der Waals surface area contributed by atoms with E-state index in [9.17, 15) is 29.1 Å². The molecule has 0 radical (unpaired) electrons. The second-order valence-corrected chi connectivity index (χ2v) is 9.27. The number of fused-ring (bicyclic) bond motifs is 3. The molecule has 2 aromatic carbocycles. The summed E-state index contributed by atoms with van der Waals surface area (Å²) in [6, 6.07) is 12.7. The summed E-state index contributed by atoms with van der Waals surface area (Å²) in [5, 5.41) is 21.2. The van der Waals surface area contributed by atoms with E-state index in [1.807, 2.05) is 0 Å². The lowest BCUT2D eigenvalue weighted by molar-refractivity contribution is -0.141. The van der Waals surface area contributed by atoms with Crippen LogP contribution in [-0.4, -0.2) is 60.7 Å². The summed E-state index contributed by atoms with van der Waals surface area (Å²) in [5.41, 5.74) is 0.248. The molecule has 10 heteroatoms. The van der Waals surface area contributed by atoms with Crippen molar-refractivity contribution in [3.8, 4) is 11.1 Å². The molecule has 0 aromatic heterocycles. The van der Waals surface area contributed by atoms with Crippen molar-refractivity contribution in [2.24, 2.45) is 5.92 Å². The standard InChI is InChI=1S/C25H26N4O6.C3H8/c1-26-23(33)21(31)19(12-14-10-11-27-22(14)32)29-20(30)13-28-24(34)25(35)17-8-4-2-6-15(17)16-7-3-5-9-18(16)25;1-3-2/h2-9,14,19,35H,10-13H2,1H3,(H,26,33)(H,27,32)(H,28,34)(H,29,30);3H2,1-2H3. The van der Waals surface area contributed by atoms with Crippen LogP contribution >= 0.6 is 0 Å². The van der Waals surface area contributed by atoms with Gasteiger partial charge in [0.2, 0.25) is 17.6 Å². The van der Waals surface area contributed by atoms with Gasteiger partial charge in [-0.25, -0.2) is 0 Å². The Kier molecular flexibility index (Phi) is 9.35. The minimum Gasteiger partial charge on any atom is -0.372 e. The van der Waals surface area contributed by atoms with E-state index in [1.54, 1.807) is 48.5 Å². The summed E-state index contributed by atoms with van der Waals surface area (Å²) in [7, 11) is 1.29. The first-order valence-electron chi connectivity index (χ1n) is 12.7. The number of hydrogen-bond acceptors (Lipinski definition) is 6. The number of carbonyl (C=O) groups is 5. The smallest absolute Gasteiger partial charge is 0.289 e. The number of amides is 4. The molecule has 1 aliphatic heterocycles. The molecular formula is C28H34N4O6. The maximum Gasteiger partial charge on any atom is 0.289 e. The molecule has 10 nitrogen and oxygen atoms in total. The highest BCUT2D eigenvalue weighted by Crippen LogP contribution is 2.47. The maximum atomic E-state index is 13.2. The Hall–Kier alpha value is -4.05. The van der Waals surface area contributed by atoms with Crippen LogP contribution < -0.4 is 21.3 Å². The number of likely N-dealkylation sites (N-methyl/N-ethyl adjacent to an activating group) is 1. The van der Waals surface area contributed by atoms with Crippen molar-refractivity contribution in [3.05, 3.63) is 59.7 Å². The molecule has 0 saturated carbocycles. The monoisotopic (exact) mass is 522 g/mol. The molecule has 4 rings (SSSR count). The van der Waals surface area contributed by atoms with Crippen molar-refractivity contribution < 1.29 is 29.1 Å². The zero-order valence-electron chi connectivity index (χ0n) is 21.8. The SMILES string of the molecule is CCC.CNC(=O)C(=O)C(CC1CCNC1=O)NC(=O)CNC(=O)C1(O)c2ccccc2-c2ccccc21. The number of ketones is 1. The van der Waals surface area contributed by atoms with E-state index < -0.39 is 47.6 Å². The Labute approximate surface area is 221 Å². The molecule has 1 saturated heterocycles. The van der Waals surface area contributed by atoms with Crippen molar-refractivity contribution in [3.63, 3.8) is 0 Å². The summed E-state index contributed by atoms with van der Waals surface area (Å²) in [5.74, 6) is -4.08. The van der Waals surface area contributed by atoms with Crippen molar-refractivity contribution in [1.29, 1.82) is 0 Å². The lowest BCUT2D eigenvalue weighted by Gasteiger charge is -2.25. The summed E-state index contributed by atoms with van der Waals surface area (Å²) >= 11 is 0. The molecule has 1 fully saturated rings. The van der Waals surface area contributed by atoms with E-state index in [1.165, 1.54) is 13.5 Å². The van der Waals surface area contributed by atoms with Crippen LogP contribution in [-0.2, 0) is 29.6 Å². The van der Waals surface area contributed by atoms with Crippen LogP contribution in [0, 0.1) is 5.92 Å². The van der Waals surface area contributed by atoms with Crippen LogP contribution in [0.15, 0.2) is 48.5 Å². The van der Waals surface area contributed by atoms with E-state index >= 15 is 0 Å². The third-order valence-corrected chi connectivity index (χ3v) is 6.45. The fraction of sp³-hybridized carbons (Fsp3) is 0.393. The predicted octanol–water partition coefficient (Wildman–Crippen LogP) is 0.762. The average Bonchev–Trinajstić information content (AvgIpc) is 3.45. The summed E-state index contributed by atoms with van der Waals surface area (Å²) < 4.78 is 0. The second kappa shape index (κ2) is 12.5. The van der Waals surface area contributed by atoms with Gasteiger partial charge in [-0.3, -0.25) is 24.0 Å². The third kappa shape index (κ3) is 5.75. The van der Waals surface area contributed by atoms with Gasteiger partial charge in [0.05, 0.1) is 12.6 Å². The maximum absolute atomic E-state index is 13.2. The van der Waals surface area contributed by atoms with Crippen molar-refractivity contribution in [2.45, 2.75) is 44.8 Å². The molecule has 1 heterocycles. The zero-order valence-corrected chi connectivity index (χ0v) is 21.8. The molecule has 2 aliphatic rings. The van der Waals surface area contributed by atoms with Crippen LogP contribution in [0.4, 0.5) is 0 Å². The van der Waals surface area contributed by atoms with Gasteiger partial charge in [-0.15, -0.1) is 0 Å². The number of Topliss-reactive ketones (excluding diaryl/α,β-unsaturated/α-hetero) is 1. The number of aliphatic hydroxyl groups is 1. The Morgan fingerprint density at radius 3 is 2.08 bits per heavy atom. The highest BCUT2D eigenvalue weighted by atomic mass is 16.3. The molecule has 0 bridgehead atoms. The Balaban J connectivity index is 0.00000127. The van der Waals surface area contributed by atoms with Gasteiger partial charge in [0, 0.05) is 30.6 Å². The largest absolute Gasteiger partial charge is 0.372 e. The Bertz CT molecular complexity index is 1180. The molecule has 4 amide bonds. The van der Waals surface area contributed by atoms with Gasteiger partial charge in [-0.1, -0.05) is 68.8 Å². The second-order valence-electron chi connectivity index (χ2n) is 9.27. The van der Waals surface area contributed by atoms with Crippen molar-refractivity contribution in [2.75, 3.05) is 20.1 Å². The number of carbonyl (C=O) groups excluding carboxylic acids is 5. The van der Waals surface area contributed by atoms with Crippen LogP contribution in [0.1, 0.15) is 44.2 Å². The van der Waals surface area contributed by atoms with Crippen LogP contribution in [0.3, 0.4) is 0 Å². The van der Waals surface area contributed by atoms with E-state index in [-0.39, 0.29) is 12.3 Å².